The van der Waals surface area contributed by atoms with Crippen molar-refractivity contribution in [3.05, 3.63) is 0 Å². The Morgan fingerprint density at radius 2 is 0.700 bits per heavy atom. The molecular weight excluding hydrogens is 198 g/mol. The number of hydrogen-bond acceptors (Lipinski definition) is 2. The van der Waals surface area contributed by atoms with Crippen LogP contribution in [0.25, 0.3) is 0 Å². The first-order valence-corrected chi connectivity index (χ1v) is 1.30. The molecule has 0 heterocycles. The summed E-state index contributed by atoms with van der Waals surface area (Å²) in [5.74, 6) is 0. The molecule has 52 valence electrons. The molecule has 0 aromatic rings. The Bertz CT molecular complexity index is 71.7. The van der Waals surface area contributed by atoms with Gasteiger partial charge >= 0.3 is 115 Å². The van der Waals surface area contributed by atoms with Gasteiger partial charge in [-0.25, -0.2) is 9.59 Å². The molecule has 0 aliphatic rings. The van der Waals surface area contributed by atoms with Gasteiger partial charge in [0.25, 0.3) is 0 Å². The Balaban J connectivity index is -0.0000000300. The van der Waals surface area contributed by atoms with Crippen LogP contribution in [-0.4, -0.2) is 136 Å². The molecule has 0 aliphatic heterocycles. The Morgan fingerprint density at radius 3 is 0.700 bits per heavy atom. The van der Waals surface area contributed by atoms with Crippen LogP contribution in [0.1, 0.15) is 0 Å². The standard InChI is InChI=1S/2CH2O3.2K.2H/c2*2-1(3)4;;;;/h2*(H2,2,3,4);;;;. The summed E-state index contributed by atoms with van der Waals surface area (Å²) in [6.45, 7) is 0. The van der Waals surface area contributed by atoms with Crippen LogP contribution < -0.4 is 0 Å². The van der Waals surface area contributed by atoms with E-state index < -0.39 is 12.3 Å². The summed E-state index contributed by atoms with van der Waals surface area (Å²) in [5.41, 5.74) is 0. The molecule has 0 aromatic carbocycles. The topological polar surface area (TPSA) is 115 Å². The van der Waals surface area contributed by atoms with E-state index in [4.69, 9.17) is 30.0 Å². The summed E-state index contributed by atoms with van der Waals surface area (Å²) in [7, 11) is 0. The normalized spacial score (nSPS) is 4.80. The molecular formula is C2H6K2O6. The van der Waals surface area contributed by atoms with Gasteiger partial charge in [-0.1, -0.05) is 0 Å². The zero-order valence-corrected chi connectivity index (χ0v) is 3.61. The van der Waals surface area contributed by atoms with Crippen molar-refractivity contribution in [2.75, 3.05) is 0 Å². The van der Waals surface area contributed by atoms with Gasteiger partial charge in [-0.2, -0.15) is 0 Å². The predicted octanol–water partition coefficient (Wildman–Crippen LogP) is -0.852. The quantitative estimate of drug-likeness (QED) is 0.382. The van der Waals surface area contributed by atoms with Gasteiger partial charge in [0.2, 0.25) is 0 Å². The number of carbonyl (C=O) groups is 2. The average molecular weight is 204 g/mol. The zero-order chi connectivity index (χ0) is 7.15. The van der Waals surface area contributed by atoms with E-state index in [-0.39, 0.29) is 103 Å². The fourth-order valence-electron chi connectivity index (χ4n) is 0. The molecule has 0 radical (unpaired) electrons. The molecule has 0 saturated carbocycles. The molecule has 6 nitrogen and oxygen atoms in total. The molecule has 0 spiro atoms. The summed E-state index contributed by atoms with van der Waals surface area (Å²) >= 11 is 0. The van der Waals surface area contributed by atoms with E-state index in [1.54, 1.807) is 0 Å². The van der Waals surface area contributed by atoms with Gasteiger partial charge in [0, 0.05) is 0 Å². The van der Waals surface area contributed by atoms with Gasteiger partial charge in [0.05, 0.1) is 0 Å². The summed E-state index contributed by atoms with van der Waals surface area (Å²) in [6, 6.07) is 0. The molecule has 0 amide bonds. The Labute approximate surface area is 141 Å². The van der Waals surface area contributed by atoms with Crippen molar-refractivity contribution in [1.82, 2.24) is 0 Å². The maximum absolute atomic E-state index is 8.56. The second kappa shape index (κ2) is 17.1. The van der Waals surface area contributed by atoms with Gasteiger partial charge < -0.3 is 20.4 Å². The predicted molar refractivity (Wildman–Crippen MR) is 35.6 cm³/mol. The minimum atomic E-state index is -1.83. The summed E-state index contributed by atoms with van der Waals surface area (Å²) in [6.07, 6.45) is -3.67. The van der Waals surface area contributed by atoms with Crippen molar-refractivity contribution in [2.45, 2.75) is 0 Å². The molecule has 4 N–H and O–H groups in total. The third-order valence-corrected chi connectivity index (χ3v) is 0. The van der Waals surface area contributed by atoms with Crippen LogP contribution in [0.2, 0.25) is 0 Å². The molecule has 0 unspecified atom stereocenters. The maximum atomic E-state index is 8.56. The van der Waals surface area contributed by atoms with Gasteiger partial charge in [-0.3, -0.25) is 0 Å². The first-order valence-electron chi connectivity index (χ1n) is 1.30. The van der Waals surface area contributed by atoms with Gasteiger partial charge in [-0.05, 0) is 0 Å². The fraction of sp³-hybridized carbons (Fsp3) is 0. The van der Waals surface area contributed by atoms with Crippen LogP contribution in [0.5, 0.6) is 0 Å². The first-order chi connectivity index (χ1) is 3.46. The second-order valence-corrected chi connectivity index (χ2v) is 0.565. The van der Waals surface area contributed by atoms with Crippen molar-refractivity contribution in [3.63, 3.8) is 0 Å². The van der Waals surface area contributed by atoms with Crippen molar-refractivity contribution in [2.24, 2.45) is 0 Å². The molecule has 0 rings (SSSR count). The Hall–Kier alpha value is 1.81. The van der Waals surface area contributed by atoms with Gasteiger partial charge in [0.15, 0.2) is 0 Å². The first kappa shape index (κ1) is 22.6. The zero-order valence-electron chi connectivity index (χ0n) is 3.61. The van der Waals surface area contributed by atoms with Crippen LogP contribution in [0, 0.1) is 0 Å². The summed E-state index contributed by atoms with van der Waals surface area (Å²) in [4.78, 5) is 17.1. The third kappa shape index (κ3) is 232. The van der Waals surface area contributed by atoms with Crippen LogP contribution in [0.15, 0.2) is 0 Å². The molecule has 0 aliphatic carbocycles. The van der Waals surface area contributed by atoms with E-state index in [0.717, 1.165) is 0 Å². The molecule has 0 aromatic heterocycles. The SMILES string of the molecule is O=C(O)O.O=C(O)O.[KH].[KH]. The number of carboxylic acid groups (broad SMARTS) is 4. The van der Waals surface area contributed by atoms with Crippen LogP contribution in [0.4, 0.5) is 9.59 Å². The van der Waals surface area contributed by atoms with E-state index in [9.17, 15) is 0 Å². The third-order valence-electron chi connectivity index (χ3n) is 0. The van der Waals surface area contributed by atoms with Crippen LogP contribution in [-0.2, 0) is 0 Å². The van der Waals surface area contributed by atoms with E-state index in [1.165, 1.54) is 0 Å². The second-order valence-electron chi connectivity index (χ2n) is 0.565. The minimum absolute atomic E-state index is 0. The molecule has 0 bridgehead atoms. The molecule has 0 fully saturated rings. The van der Waals surface area contributed by atoms with E-state index in [1.807, 2.05) is 0 Å². The number of rotatable bonds is 0. The van der Waals surface area contributed by atoms with E-state index >= 15 is 0 Å². The van der Waals surface area contributed by atoms with Gasteiger partial charge in [-0.15, -0.1) is 0 Å². The van der Waals surface area contributed by atoms with E-state index in [0.29, 0.717) is 0 Å². The Morgan fingerprint density at radius 1 is 0.700 bits per heavy atom. The van der Waals surface area contributed by atoms with Crippen molar-refractivity contribution in [3.8, 4) is 0 Å². The van der Waals surface area contributed by atoms with Crippen LogP contribution >= 0.6 is 0 Å². The van der Waals surface area contributed by atoms with Crippen molar-refractivity contribution >= 4 is 115 Å². The Kier molecular flexibility index (Phi) is 38.6. The monoisotopic (exact) mass is 204 g/mol. The molecule has 0 saturated heterocycles. The van der Waals surface area contributed by atoms with Crippen molar-refractivity contribution in [1.29, 1.82) is 0 Å². The number of hydrogen-bond donors (Lipinski definition) is 4. The van der Waals surface area contributed by atoms with Crippen LogP contribution in [0.3, 0.4) is 0 Å². The van der Waals surface area contributed by atoms with Crippen molar-refractivity contribution < 1.29 is 30.0 Å². The van der Waals surface area contributed by atoms with E-state index in [2.05, 4.69) is 0 Å². The van der Waals surface area contributed by atoms with Gasteiger partial charge in [0.1, 0.15) is 0 Å². The molecule has 8 heteroatoms. The summed E-state index contributed by atoms with van der Waals surface area (Å²) < 4.78 is 0. The summed E-state index contributed by atoms with van der Waals surface area (Å²) in [5, 5.41) is 27.9. The fourth-order valence-corrected chi connectivity index (χ4v) is 0. The average Bonchev–Trinajstić information content (AvgIpc) is 1.25. The molecule has 0 atom stereocenters. The molecule has 10 heavy (non-hydrogen) atoms.